The summed E-state index contributed by atoms with van der Waals surface area (Å²) in [7, 11) is 1.73. The second-order valence-corrected chi connectivity index (χ2v) is 5.52. The lowest BCUT2D eigenvalue weighted by Gasteiger charge is -2.18. The number of rotatable bonds is 5. The maximum absolute atomic E-state index is 13.6. The Kier molecular flexibility index (Phi) is 4.32. The standard InChI is InChI=1S/C15H16FNOS/c1-3-11-8-9-15(19-11)14(18)10-17(2)13-7-5-4-6-12(13)16/h4-9H,3,10H2,1-2H3. The second-order valence-electron chi connectivity index (χ2n) is 4.35. The van der Waals surface area contributed by atoms with Crippen LogP contribution in [0, 0.1) is 5.82 Å². The smallest absolute Gasteiger partial charge is 0.191 e. The fourth-order valence-electron chi connectivity index (χ4n) is 1.86. The molecule has 0 fully saturated rings. The number of aryl methyl sites for hydroxylation is 1. The van der Waals surface area contributed by atoms with Gasteiger partial charge >= 0.3 is 0 Å². The highest BCUT2D eigenvalue weighted by Crippen LogP contribution is 2.20. The van der Waals surface area contributed by atoms with Gasteiger partial charge in [0.05, 0.1) is 17.1 Å². The van der Waals surface area contributed by atoms with Gasteiger partial charge in [-0.25, -0.2) is 4.39 Å². The molecular weight excluding hydrogens is 261 g/mol. The van der Waals surface area contributed by atoms with E-state index in [0.717, 1.165) is 11.3 Å². The van der Waals surface area contributed by atoms with E-state index < -0.39 is 0 Å². The molecule has 0 bridgehead atoms. The average Bonchev–Trinajstić information content (AvgIpc) is 2.88. The second kappa shape index (κ2) is 5.97. The zero-order valence-corrected chi connectivity index (χ0v) is 11.8. The van der Waals surface area contributed by atoms with Crippen molar-refractivity contribution >= 4 is 22.8 Å². The van der Waals surface area contributed by atoms with Gasteiger partial charge in [0.25, 0.3) is 0 Å². The van der Waals surface area contributed by atoms with Crippen LogP contribution in [-0.2, 0) is 6.42 Å². The Balaban J connectivity index is 2.08. The molecule has 2 aromatic rings. The molecule has 0 saturated carbocycles. The number of carbonyl (C=O) groups excluding carboxylic acids is 1. The number of hydrogen-bond acceptors (Lipinski definition) is 3. The van der Waals surface area contributed by atoms with Gasteiger partial charge in [0.15, 0.2) is 5.78 Å². The summed E-state index contributed by atoms with van der Waals surface area (Å²) in [4.78, 5) is 15.7. The highest BCUT2D eigenvalue weighted by molar-refractivity contribution is 7.14. The zero-order chi connectivity index (χ0) is 13.8. The molecular formula is C15H16FNOS. The van der Waals surface area contributed by atoms with Crippen molar-refractivity contribution < 1.29 is 9.18 Å². The molecule has 0 radical (unpaired) electrons. The van der Waals surface area contributed by atoms with E-state index >= 15 is 0 Å². The van der Waals surface area contributed by atoms with E-state index in [2.05, 4.69) is 6.92 Å². The third-order valence-electron chi connectivity index (χ3n) is 2.93. The van der Waals surface area contributed by atoms with Crippen LogP contribution in [-0.4, -0.2) is 19.4 Å². The molecule has 1 aromatic heterocycles. The Morgan fingerprint density at radius 2 is 2.00 bits per heavy atom. The molecule has 0 aliphatic carbocycles. The predicted molar refractivity (Wildman–Crippen MR) is 77.7 cm³/mol. The largest absolute Gasteiger partial charge is 0.364 e. The normalized spacial score (nSPS) is 10.5. The summed E-state index contributed by atoms with van der Waals surface area (Å²) in [6.07, 6.45) is 0.932. The van der Waals surface area contributed by atoms with Crippen LogP contribution in [0.2, 0.25) is 0 Å². The highest BCUT2D eigenvalue weighted by atomic mass is 32.1. The van der Waals surface area contributed by atoms with Gasteiger partial charge in [0, 0.05) is 11.9 Å². The van der Waals surface area contributed by atoms with Crippen molar-refractivity contribution in [3.05, 3.63) is 52.0 Å². The number of ketones is 1. The molecule has 0 aliphatic heterocycles. The number of hydrogen-bond donors (Lipinski definition) is 0. The summed E-state index contributed by atoms with van der Waals surface area (Å²) in [6, 6.07) is 10.3. The number of carbonyl (C=O) groups is 1. The molecule has 0 N–H and O–H groups in total. The van der Waals surface area contributed by atoms with Crippen LogP contribution in [0.25, 0.3) is 0 Å². The van der Waals surface area contributed by atoms with Gasteiger partial charge in [-0.2, -0.15) is 0 Å². The molecule has 1 aromatic carbocycles. The summed E-state index contributed by atoms with van der Waals surface area (Å²) in [5, 5.41) is 0. The maximum Gasteiger partial charge on any atom is 0.191 e. The summed E-state index contributed by atoms with van der Waals surface area (Å²) in [6.45, 7) is 2.25. The molecule has 2 nitrogen and oxygen atoms in total. The molecule has 0 unspecified atom stereocenters. The Hall–Kier alpha value is -1.68. The molecule has 19 heavy (non-hydrogen) atoms. The number of benzene rings is 1. The predicted octanol–water partition coefficient (Wildman–Crippen LogP) is 3.77. The van der Waals surface area contributed by atoms with Crippen LogP contribution in [0.1, 0.15) is 21.5 Å². The van der Waals surface area contributed by atoms with Gasteiger partial charge in [0.2, 0.25) is 0 Å². The van der Waals surface area contributed by atoms with Crippen molar-refractivity contribution in [1.82, 2.24) is 0 Å². The Morgan fingerprint density at radius 1 is 1.26 bits per heavy atom. The fourth-order valence-corrected chi connectivity index (χ4v) is 2.73. The number of anilines is 1. The van der Waals surface area contributed by atoms with Crippen molar-refractivity contribution in [2.45, 2.75) is 13.3 Å². The molecule has 4 heteroatoms. The van der Waals surface area contributed by atoms with Crippen molar-refractivity contribution in [2.24, 2.45) is 0 Å². The molecule has 100 valence electrons. The molecule has 0 spiro atoms. The number of para-hydroxylation sites is 1. The molecule has 0 atom stereocenters. The van der Waals surface area contributed by atoms with Crippen molar-refractivity contribution in [3.8, 4) is 0 Å². The SMILES string of the molecule is CCc1ccc(C(=O)CN(C)c2ccccc2F)s1. The van der Waals surface area contributed by atoms with Crippen molar-refractivity contribution in [3.63, 3.8) is 0 Å². The first-order chi connectivity index (χ1) is 9.11. The number of Topliss-reactive ketones (excluding diaryl/α,β-unsaturated/α-hetero) is 1. The Labute approximate surface area is 116 Å². The third-order valence-corrected chi connectivity index (χ3v) is 4.20. The van der Waals surface area contributed by atoms with E-state index in [-0.39, 0.29) is 18.1 Å². The van der Waals surface area contributed by atoms with Crippen LogP contribution in [0.15, 0.2) is 36.4 Å². The highest BCUT2D eigenvalue weighted by Gasteiger charge is 2.14. The zero-order valence-electron chi connectivity index (χ0n) is 11.0. The van der Waals surface area contributed by atoms with E-state index in [4.69, 9.17) is 0 Å². The Bertz CT molecular complexity index is 579. The number of thiophene rings is 1. The van der Waals surface area contributed by atoms with Crippen molar-refractivity contribution in [1.29, 1.82) is 0 Å². The monoisotopic (exact) mass is 277 g/mol. The van der Waals surface area contributed by atoms with Gasteiger partial charge in [-0.3, -0.25) is 4.79 Å². The third kappa shape index (κ3) is 3.20. The summed E-state index contributed by atoms with van der Waals surface area (Å²) in [5.41, 5.74) is 0.447. The van der Waals surface area contributed by atoms with Gasteiger partial charge in [-0.1, -0.05) is 19.1 Å². The minimum absolute atomic E-state index is 0.0236. The van der Waals surface area contributed by atoms with E-state index in [1.54, 1.807) is 30.1 Å². The van der Waals surface area contributed by atoms with Crippen LogP contribution in [0.5, 0.6) is 0 Å². The molecule has 1 heterocycles. The van der Waals surface area contributed by atoms with E-state index in [9.17, 15) is 9.18 Å². The van der Waals surface area contributed by atoms with E-state index in [1.807, 2.05) is 12.1 Å². The first-order valence-corrected chi connectivity index (χ1v) is 7.01. The van der Waals surface area contributed by atoms with Crippen LogP contribution < -0.4 is 4.90 Å². The minimum Gasteiger partial charge on any atom is -0.364 e. The Morgan fingerprint density at radius 3 is 2.63 bits per heavy atom. The van der Waals surface area contributed by atoms with Gasteiger partial charge in [-0.05, 0) is 30.7 Å². The number of nitrogens with zero attached hydrogens (tertiary/aromatic N) is 1. The van der Waals surface area contributed by atoms with Crippen LogP contribution >= 0.6 is 11.3 Å². The lowest BCUT2D eigenvalue weighted by Crippen LogP contribution is -2.25. The molecule has 0 aliphatic rings. The lowest BCUT2D eigenvalue weighted by atomic mass is 10.2. The van der Waals surface area contributed by atoms with Crippen LogP contribution in [0.3, 0.4) is 0 Å². The molecule has 2 rings (SSSR count). The average molecular weight is 277 g/mol. The summed E-state index contributed by atoms with van der Waals surface area (Å²) < 4.78 is 13.6. The first kappa shape index (κ1) is 13.7. The summed E-state index contributed by atoms with van der Waals surface area (Å²) in [5.74, 6) is -0.284. The first-order valence-electron chi connectivity index (χ1n) is 6.19. The number of likely N-dealkylation sites (N-methyl/N-ethyl adjacent to an activating group) is 1. The van der Waals surface area contributed by atoms with Gasteiger partial charge in [-0.15, -0.1) is 11.3 Å². The lowest BCUT2D eigenvalue weighted by molar-refractivity contribution is 0.100. The van der Waals surface area contributed by atoms with Crippen molar-refractivity contribution in [2.75, 3.05) is 18.5 Å². The summed E-state index contributed by atoms with van der Waals surface area (Å²) >= 11 is 1.51. The topological polar surface area (TPSA) is 20.3 Å². The van der Waals surface area contributed by atoms with Crippen LogP contribution in [0.4, 0.5) is 10.1 Å². The maximum atomic E-state index is 13.6. The quantitative estimate of drug-likeness (QED) is 0.775. The minimum atomic E-state index is -0.307. The van der Waals surface area contributed by atoms with E-state index in [0.29, 0.717) is 5.69 Å². The molecule has 0 saturated heterocycles. The number of halogens is 1. The molecule has 0 amide bonds. The van der Waals surface area contributed by atoms with E-state index in [1.165, 1.54) is 22.3 Å². The van der Waals surface area contributed by atoms with Gasteiger partial charge in [0.1, 0.15) is 5.82 Å². The van der Waals surface area contributed by atoms with Gasteiger partial charge < -0.3 is 4.90 Å². The fraction of sp³-hybridized carbons (Fsp3) is 0.267.